The fourth-order valence-electron chi connectivity index (χ4n) is 0.915. The third-order valence-corrected chi connectivity index (χ3v) is 1.61. The molecule has 0 radical (unpaired) electrons. The fraction of sp³-hybridized carbons (Fsp3) is 0.444. The fourth-order valence-corrected chi connectivity index (χ4v) is 0.915. The number of hydrogen-bond acceptors (Lipinski definition) is 3. The number of nitrogens with zero attached hydrogens (tertiary/aromatic N) is 1. The van der Waals surface area contributed by atoms with Crippen LogP contribution in [-0.4, -0.2) is 22.7 Å². The number of aliphatic hydroxyl groups is 1. The molecule has 0 bridgehead atoms. The van der Waals surface area contributed by atoms with E-state index in [0.29, 0.717) is 13.0 Å². The Labute approximate surface area is 76.6 Å². The molecular weight excluding hydrogens is 171 g/mol. The molecule has 0 unspecified atom stereocenters. The number of anilines is 1. The molecule has 0 aliphatic carbocycles. The molecule has 13 heavy (non-hydrogen) atoms. The maximum Gasteiger partial charge on any atom is 0.165 e. The first-order valence-corrected chi connectivity index (χ1v) is 4.22. The predicted molar refractivity (Wildman–Crippen MR) is 49.0 cm³/mol. The summed E-state index contributed by atoms with van der Waals surface area (Å²) >= 11 is 0. The van der Waals surface area contributed by atoms with Gasteiger partial charge in [0.2, 0.25) is 0 Å². The second-order valence-electron chi connectivity index (χ2n) is 2.90. The highest BCUT2D eigenvalue weighted by Crippen LogP contribution is 2.08. The summed E-state index contributed by atoms with van der Waals surface area (Å²) in [5, 5.41) is 11.7. The lowest BCUT2D eigenvalue weighted by Gasteiger charge is -2.07. The van der Waals surface area contributed by atoms with E-state index in [-0.39, 0.29) is 17.7 Å². The highest BCUT2D eigenvalue weighted by Gasteiger charge is 2.01. The summed E-state index contributed by atoms with van der Waals surface area (Å²) in [5.41, 5.74) is 0. The van der Waals surface area contributed by atoms with Gasteiger partial charge in [-0.05, 0) is 25.5 Å². The van der Waals surface area contributed by atoms with Gasteiger partial charge < -0.3 is 10.4 Å². The molecule has 4 heteroatoms. The van der Waals surface area contributed by atoms with Gasteiger partial charge in [-0.25, -0.2) is 9.37 Å². The van der Waals surface area contributed by atoms with E-state index in [1.165, 1.54) is 18.3 Å². The molecular formula is C9H13FN2O. The van der Waals surface area contributed by atoms with E-state index in [2.05, 4.69) is 10.3 Å². The van der Waals surface area contributed by atoms with Crippen molar-refractivity contribution in [1.82, 2.24) is 4.98 Å². The maximum absolute atomic E-state index is 12.9. The van der Waals surface area contributed by atoms with Crippen LogP contribution < -0.4 is 5.32 Å². The Balaban J connectivity index is 2.41. The summed E-state index contributed by atoms with van der Waals surface area (Å²) in [6.07, 6.45) is 1.73. The van der Waals surface area contributed by atoms with Crippen molar-refractivity contribution in [2.24, 2.45) is 0 Å². The zero-order chi connectivity index (χ0) is 9.68. The Bertz CT molecular complexity index is 266. The van der Waals surface area contributed by atoms with Crippen molar-refractivity contribution in [3.63, 3.8) is 0 Å². The minimum atomic E-state index is -0.376. The van der Waals surface area contributed by atoms with E-state index >= 15 is 0 Å². The molecule has 2 N–H and O–H groups in total. The quantitative estimate of drug-likeness (QED) is 0.743. The van der Waals surface area contributed by atoms with Gasteiger partial charge in [-0.1, -0.05) is 0 Å². The van der Waals surface area contributed by atoms with Crippen LogP contribution >= 0.6 is 0 Å². The molecule has 1 heterocycles. The largest absolute Gasteiger partial charge is 0.393 e. The first-order valence-electron chi connectivity index (χ1n) is 4.22. The first-order chi connectivity index (χ1) is 6.20. The van der Waals surface area contributed by atoms with Gasteiger partial charge in [0.1, 0.15) is 0 Å². The van der Waals surface area contributed by atoms with E-state index in [0.717, 1.165) is 0 Å². The average molecular weight is 184 g/mol. The van der Waals surface area contributed by atoms with Gasteiger partial charge in [-0.2, -0.15) is 0 Å². The number of aliphatic hydroxyl groups excluding tert-OH is 1. The van der Waals surface area contributed by atoms with Gasteiger partial charge in [-0.3, -0.25) is 0 Å². The van der Waals surface area contributed by atoms with Crippen LogP contribution in [0.25, 0.3) is 0 Å². The summed E-state index contributed by atoms with van der Waals surface area (Å²) < 4.78 is 12.9. The maximum atomic E-state index is 12.9. The number of pyridine rings is 1. The molecule has 0 aliphatic rings. The molecule has 0 spiro atoms. The second kappa shape index (κ2) is 4.77. The van der Waals surface area contributed by atoms with E-state index in [9.17, 15) is 4.39 Å². The molecule has 0 fully saturated rings. The first kappa shape index (κ1) is 9.92. The molecule has 72 valence electrons. The summed E-state index contributed by atoms with van der Waals surface area (Å²) in [5.74, 6) is -0.128. The third kappa shape index (κ3) is 3.38. The van der Waals surface area contributed by atoms with Crippen molar-refractivity contribution in [1.29, 1.82) is 0 Å². The van der Waals surface area contributed by atoms with Gasteiger partial charge in [0.15, 0.2) is 11.6 Å². The van der Waals surface area contributed by atoms with Crippen molar-refractivity contribution in [3.05, 3.63) is 24.1 Å². The van der Waals surface area contributed by atoms with Gasteiger partial charge in [0, 0.05) is 12.7 Å². The molecule has 0 amide bonds. The normalized spacial score (nSPS) is 12.5. The number of aromatic nitrogens is 1. The Morgan fingerprint density at radius 3 is 3.08 bits per heavy atom. The molecule has 1 rings (SSSR count). The van der Waals surface area contributed by atoms with E-state index < -0.39 is 0 Å². The van der Waals surface area contributed by atoms with Crippen LogP contribution in [0.5, 0.6) is 0 Å². The van der Waals surface area contributed by atoms with Gasteiger partial charge in [0.05, 0.1) is 6.10 Å². The molecule has 0 aromatic carbocycles. The van der Waals surface area contributed by atoms with Crippen molar-refractivity contribution in [2.45, 2.75) is 19.4 Å². The second-order valence-corrected chi connectivity index (χ2v) is 2.90. The van der Waals surface area contributed by atoms with Crippen LogP contribution in [-0.2, 0) is 0 Å². The van der Waals surface area contributed by atoms with Crippen molar-refractivity contribution in [3.8, 4) is 0 Å². The lowest BCUT2D eigenvalue weighted by atomic mass is 10.3. The van der Waals surface area contributed by atoms with Crippen LogP contribution in [0.15, 0.2) is 18.3 Å². The molecule has 1 aromatic rings. The highest BCUT2D eigenvalue weighted by molar-refractivity contribution is 5.35. The average Bonchev–Trinajstić information content (AvgIpc) is 2.08. The van der Waals surface area contributed by atoms with Gasteiger partial charge in [-0.15, -0.1) is 0 Å². The van der Waals surface area contributed by atoms with Crippen molar-refractivity contribution >= 4 is 5.82 Å². The van der Waals surface area contributed by atoms with Crippen molar-refractivity contribution in [2.75, 3.05) is 11.9 Å². The lowest BCUT2D eigenvalue weighted by Crippen LogP contribution is -2.11. The van der Waals surface area contributed by atoms with E-state index in [4.69, 9.17) is 5.11 Å². The summed E-state index contributed by atoms with van der Waals surface area (Å²) in [6.45, 7) is 2.21. The van der Waals surface area contributed by atoms with Crippen LogP contribution in [0.4, 0.5) is 10.2 Å². The van der Waals surface area contributed by atoms with Crippen LogP contribution in [0.3, 0.4) is 0 Å². The standard InChI is InChI=1S/C9H13FN2O/c1-7(13)4-6-12-9-8(10)3-2-5-11-9/h2-3,5,7,13H,4,6H2,1H3,(H,11,12)/t7-/m0/s1. The van der Waals surface area contributed by atoms with Crippen LogP contribution in [0.2, 0.25) is 0 Å². The van der Waals surface area contributed by atoms with Crippen molar-refractivity contribution < 1.29 is 9.50 Å². The number of hydrogen-bond donors (Lipinski definition) is 2. The monoisotopic (exact) mass is 184 g/mol. The molecule has 0 saturated carbocycles. The molecule has 3 nitrogen and oxygen atoms in total. The van der Waals surface area contributed by atoms with Crippen LogP contribution in [0, 0.1) is 5.82 Å². The topological polar surface area (TPSA) is 45.1 Å². The SMILES string of the molecule is C[C@H](O)CCNc1ncccc1F. The van der Waals surface area contributed by atoms with E-state index in [1.807, 2.05) is 0 Å². The molecule has 1 aromatic heterocycles. The zero-order valence-corrected chi connectivity index (χ0v) is 7.50. The zero-order valence-electron chi connectivity index (χ0n) is 7.50. The highest BCUT2D eigenvalue weighted by atomic mass is 19.1. The smallest absolute Gasteiger partial charge is 0.165 e. The number of rotatable bonds is 4. The van der Waals surface area contributed by atoms with E-state index in [1.54, 1.807) is 6.92 Å². The summed E-state index contributed by atoms with van der Waals surface area (Å²) in [6, 6.07) is 2.88. The molecule has 1 atom stereocenters. The third-order valence-electron chi connectivity index (χ3n) is 1.61. The molecule has 0 saturated heterocycles. The van der Waals surface area contributed by atoms with Gasteiger partial charge >= 0.3 is 0 Å². The Morgan fingerprint density at radius 1 is 1.69 bits per heavy atom. The molecule has 0 aliphatic heterocycles. The van der Waals surface area contributed by atoms with Crippen LogP contribution in [0.1, 0.15) is 13.3 Å². The minimum absolute atomic E-state index is 0.239. The Morgan fingerprint density at radius 2 is 2.46 bits per heavy atom. The summed E-state index contributed by atoms with van der Waals surface area (Å²) in [7, 11) is 0. The lowest BCUT2D eigenvalue weighted by molar-refractivity contribution is 0.188. The number of halogens is 1. The summed E-state index contributed by atoms with van der Waals surface area (Å²) in [4.78, 5) is 3.81. The Kier molecular flexibility index (Phi) is 3.64. The number of nitrogens with one attached hydrogen (secondary N) is 1. The van der Waals surface area contributed by atoms with Gasteiger partial charge in [0.25, 0.3) is 0 Å². The predicted octanol–water partition coefficient (Wildman–Crippen LogP) is 1.40. The Hall–Kier alpha value is -1.16. The minimum Gasteiger partial charge on any atom is -0.393 e.